The second-order valence-electron chi connectivity index (χ2n) is 7.13. The third-order valence-electron chi connectivity index (χ3n) is 5.18. The lowest BCUT2D eigenvalue weighted by molar-refractivity contribution is 0.329. The van der Waals surface area contributed by atoms with Gasteiger partial charge in [0.2, 0.25) is 0 Å². The molecule has 0 aliphatic carbocycles. The monoisotopic (exact) mass is 393 g/mol. The highest BCUT2D eigenvalue weighted by Gasteiger charge is 2.17. The van der Waals surface area contributed by atoms with Crippen molar-refractivity contribution in [1.29, 1.82) is 5.26 Å². The van der Waals surface area contributed by atoms with E-state index in [-0.39, 0.29) is 28.3 Å². The molecule has 1 aliphatic heterocycles. The first-order chi connectivity index (χ1) is 14.1. The Morgan fingerprint density at radius 1 is 1.31 bits per heavy atom. The van der Waals surface area contributed by atoms with Gasteiger partial charge in [0.05, 0.1) is 22.9 Å². The van der Waals surface area contributed by atoms with Crippen LogP contribution in [0.25, 0.3) is 10.9 Å². The molecule has 4 rings (SSSR count). The molecule has 0 spiro atoms. The molecule has 29 heavy (non-hydrogen) atoms. The smallest absolute Gasteiger partial charge is 0.261 e. The Balaban J connectivity index is 1.69. The van der Waals surface area contributed by atoms with Crippen molar-refractivity contribution in [3.8, 4) is 17.6 Å². The Labute approximate surface area is 166 Å². The Morgan fingerprint density at radius 3 is 2.86 bits per heavy atom. The number of nitrogens with zero attached hydrogens (tertiary/aromatic N) is 3. The maximum atomic E-state index is 14.2. The van der Waals surface area contributed by atoms with Crippen LogP contribution in [-0.4, -0.2) is 22.6 Å². The number of halogens is 1. The normalized spacial score (nSPS) is 14.6. The first-order valence-corrected chi connectivity index (χ1v) is 9.42. The number of piperidine rings is 1. The van der Waals surface area contributed by atoms with Crippen LogP contribution < -0.4 is 21.3 Å². The molecule has 148 valence electrons. The van der Waals surface area contributed by atoms with E-state index < -0.39 is 5.82 Å². The quantitative estimate of drug-likeness (QED) is 0.660. The molecule has 0 atom stereocenters. The number of aromatic nitrogens is 2. The van der Waals surface area contributed by atoms with Crippen molar-refractivity contribution >= 4 is 16.6 Å². The van der Waals surface area contributed by atoms with Gasteiger partial charge < -0.3 is 15.8 Å². The molecule has 0 amide bonds. The molecule has 8 heteroatoms. The van der Waals surface area contributed by atoms with Crippen LogP contribution in [0.2, 0.25) is 0 Å². The highest BCUT2D eigenvalue weighted by atomic mass is 19.1. The topological polar surface area (TPSA) is 106 Å². The minimum Gasteiger partial charge on any atom is -0.453 e. The summed E-state index contributed by atoms with van der Waals surface area (Å²) in [5, 5.41) is 13.0. The summed E-state index contributed by atoms with van der Waals surface area (Å²) in [5.41, 5.74) is 6.13. The molecule has 3 N–H and O–H groups in total. The van der Waals surface area contributed by atoms with E-state index in [2.05, 4.69) is 10.3 Å². The van der Waals surface area contributed by atoms with Crippen LogP contribution in [-0.2, 0) is 6.54 Å². The van der Waals surface area contributed by atoms with Crippen molar-refractivity contribution in [3.63, 3.8) is 0 Å². The number of nitrogens with one attached hydrogen (secondary N) is 1. The van der Waals surface area contributed by atoms with E-state index in [9.17, 15) is 14.4 Å². The Morgan fingerprint density at radius 2 is 2.10 bits per heavy atom. The largest absolute Gasteiger partial charge is 0.453 e. The van der Waals surface area contributed by atoms with Gasteiger partial charge in [0.1, 0.15) is 17.4 Å². The first-order valence-electron chi connectivity index (χ1n) is 9.42. The van der Waals surface area contributed by atoms with Gasteiger partial charge in [0.25, 0.3) is 5.56 Å². The minimum absolute atomic E-state index is 0.0837. The number of hydrogen-bond acceptors (Lipinski definition) is 6. The summed E-state index contributed by atoms with van der Waals surface area (Å²) in [6.45, 7) is 2.51. The van der Waals surface area contributed by atoms with Crippen LogP contribution in [0, 0.1) is 23.1 Å². The number of rotatable bonds is 4. The number of hydrogen-bond donors (Lipinski definition) is 2. The molecular formula is C21H20FN5O2. The Hall–Kier alpha value is -3.44. The zero-order chi connectivity index (χ0) is 20.4. The number of benzene rings is 2. The second kappa shape index (κ2) is 7.89. The van der Waals surface area contributed by atoms with Gasteiger partial charge in [-0.05, 0) is 62.2 Å². The predicted molar refractivity (Wildman–Crippen MR) is 107 cm³/mol. The molecule has 3 aromatic rings. The maximum Gasteiger partial charge on any atom is 0.261 e. The second-order valence-corrected chi connectivity index (χ2v) is 7.13. The number of anilines is 1. The van der Waals surface area contributed by atoms with Crippen molar-refractivity contribution in [3.05, 3.63) is 58.4 Å². The zero-order valence-corrected chi connectivity index (χ0v) is 15.7. The SMILES string of the molecule is N#Cc1c(N)ccc(F)c1Oc1ccc2ncn(CC3CCNCC3)c(=O)c2c1. The van der Waals surface area contributed by atoms with E-state index in [0.717, 1.165) is 32.0 Å². The molecular weight excluding hydrogens is 373 g/mol. The Kier molecular flexibility index (Phi) is 5.14. The van der Waals surface area contributed by atoms with Gasteiger partial charge in [-0.25, -0.2) is 9.37 Å². The van der Waals surface area contributed by atoms with Crippen LogP contribution >= 0.6 is 0 Å². The van der Waals surface area contributed by atoms with Gasteiger partial charge in [-0.2, -0.15) is 5.26 Å². The average molecular weight is 393 g/mol. The fourth-order valence-electron chi connectivity index (χ4n) is 3.58. The van der Waals surface area contributed by atoms with Gasteiger partial charge >= 0.3 is 0 Å². The van der Waals surface area contributed by atoms with E-state index in [1.807, 2.05) is 6.07 Å². The van der Waals surface area contributed by atoms with E-state index in [0.29, 0.717) is 23.4 Å². The molecule has 2 aromatic carbocycles. The molecule has 1 aliphatic rings. The fourth-order valence-corrected chi connectivity index (χ4v) is 3.58. The summed E-state index contributed by atoms with van der Waals surface area (Å²) < 4.78 is 21.4. The summed E-state index contributed by atoms with van der Waals surface area (Å²) in [7, 11) is 0. The van der Waals surface area contributed by atoms with Gasteiger partial charge in [0.15, 0.2) is 11.6 Å². The average Bonchev–Trinajstić information content (AvgIpc) is 2.74. The lowest BCUT2D eigenvalue weighted by Gasteiger charge is -2.23. The van der Waals surface area contributed by atoms with E-state index in [1.165, 1.54) is 12.1 Å². The number of fused-ring (bicyclic) bond motifs is 1. The van der Waals surface area contributed by atoms with Crippen molar-refractivity contribution < 1.29 is 9.13 Å². The number of nitrogen functional groups attached to an aromatic ring is 1. The molecule has 1 saturated heterocycles. The molecule has 0 saturated carbocycles. The van der Waals surface area contributed by atoms with Crippen LogP contribution in [0.15, 0.2) is 41.5 Å². The van der Waals surface area contributed by atoms with Crippen LogP contribution in [0.5, 0.6) is 11.5 Å². The molecule has 7 nitrogen and oxygen atoms in total. The van der Waals surface area contributed by atoms with Crippen molar-refractivity contribution in [2.75, 3.05) is 18.8 Å². The van der Waals surface area contributed by atoms with Gasteiger partial charge in [-0.15, -0.1) is 0 Å². The summed E-state index contributed by atoms with van der Waals surface area (Å²) in [4.78, 5) is 17.3. The third kappa shape index (κ3) is 3.77. The van der Waals surface area contributed by atoms with Crippen LogP contribution in [0.1, 0.15) is 18.4 Å². The fraction of sp³-hybridized carbons (Fsp3) is 0.286. The number of nitriles is 1. The Bertz CT molecular complexity index is 1160. The number of ether oxygens (including phenoxy) is 1. The summed E-state index contributed by atoms with van der Waals surface area (Å²) in [5.74, 6) is -0.305. The minimum atomic E-state index is -0.703. The number of nitrogens with two attached hydrogens (primary N) is 1. The lowest BCUT2D eigenvalue weighted by atomic mass is 9.98. The summed E-state index contributed by atoms with van der Waals surface area (Å²) in [6.07, 6.45) is 3.59. The first kappa shape index (κ1) is 18.9. The van der Waals surface area contributed by atoms with Gasteiger partial charge in [-0.3, -0.25) is 9.36 Å². The predicted octanol–water partition coefficient (Wildman–Crippen LogP) is 2.78. The van der Waals surface area contributed by atoms with Gasteiger partial charge in [0, 0.05) is 6.54 Å². The zero-order valence-electron chi connectivity index (χ0n) is 15.7. The van der Waals surface area contributed by atoms with Gasteiger partial charge in [-0.1, -0.05) is 0 Å². The third-order valence-corrected chi connectivity index (χ3v) is 5.18. The highest BCUT2D eigenvalue weighted by Crippen LogP contribution is 2.32. The van der Waals surface area contributed by atoms with E-state index >= 15 is 0 Å². The standard InChI is InChI=1S/C21H20FN5O2/c22-17-2-3-18(24)16(10-23)20(17)29-14-1-4-19-15(9-14)21(28)27(12-26-19)11-13-5-7-25-8-6-13/h1-4,9,12-13,25H,5-8,11,24H2. The molecule has 1 fully saturated rings. The van der Waals surface area contributed by atoms with Crippen molar-refractivity contribution in [2.45, 2.75) is 19.4 Å². The van der Waals surface area contributed by atoms with Crippen LogP contribution in [0.3, 0.4) is 0 Å². The van der Waals surface area contributed by atoms with Crippen molar-refractivity contribution in [2.24, 2.45) is 5.92 Å². The summed E-state index contributed by atoms with van der Waals surface area (Å²) >= 11 is 0. The molecule has 0 unspecified atom stereocenters. The highest BCUT2D eigenvalue weighted by molar-refractivity contribution is 5.79. The van der Waals surface area contributed by atoms with E-state index in [4.69, 9.17) is 10.5 Å². The maximum absolute atomic E-state index is 14.2. The molecule has 0 radical (unpaired) electrons. The van der Waals surface area contributed by atoms with E-state index in [1.54, 1.807) is 23.0 Å². The van der Waals surface area contributed by atoms with Crippen molar-refractivity contribution in [1.82, 2.24) is 14.9 Å². The molecule has 0 bridgehead atoms. The lowest BCUT2D eigenvalue weighted by Crippen LogP contribution is -2.32. The summed E-state index contributed by atoms with van der Waals surface area (Å²) in [6, 6.07) is 9.04. The van der Waals surface area contributed by atoms with Crippen LogP contribution in [0.4, 0.5) is 10.1 Å². The molecule has 2 heterocycles. The molecule has 1 aromatic heterocycles.